The first-order valence-corrected chi connectivity index (χ1v) is 12.7. The molecule has 32 heavy (non-hydrogen) atoms. The number of thiophene rings is 1. The fourth-order valence-corrected chi connectivity index (χ4v) is 5.51. The van der Waals surface area contributed by atoms with Gasteiger partial charge in [0.2, 0.25) is 5.91 Å². The molecule has 2 aromatic carbocycles. The first-order valence-electron chi connectivity index (χ1n) is 9.32. The molecular formula is C21H18N4O4S3. The summed E-state index contributed by atoms with van der Waals surface area (Å²) in [5.41, 5.74) is 0.790. The van der Waals surface area contributed by atoms with Gasteiger partial charge in [-0.05, 0) is 53.9 Å². The maximum absolute atomic E-state index is 12.7. The molecule has 164 valence electrons. The van der Waals surface area contributed by atoms with Crippen LogP contribution in [0.2, 0.25) is 0 Å². The second-order valence-corrected chi connectivity index (χ2v) is 10.1. The van der Waals surface area contributed by atoms with Gasteiger partial charge in [0.15, 0.2) is 0 Å². The number of carbonyl (C=O) groups excluding carboxylic acids is 1. The van der Waals surface area contributed by atoms with Gasteiger partial charge in [0.1, 0.15) is 21.9 Å². The molecule has 11 heteroatoms. The number of methoxy groups -OCH3 is 1. The number of thioether (sulfide) groups is 1. The zero-order valence-electron chi connectivity index (χ0n) is 16.8. The van der Waals surface area contributed by atoms with Gasteiger partial charge in [-0.25, -0.2) is 18.4 Å². The molecule has 2 N–H and O–H groups in total. The largest absolute Gasteiger partial charge is 0.497 e. The van der Waals surface area contributed by atoms with Crippen LogP contribution in [0.4, 0.5) is 11.4 Å². The van der Waals surface area contributed by atoms with E-state index < -0.39 is 10.0 Å². The van der Waals surface area contributed by atoms with E-state index in [1.54, 1.807) is 36.4 Å². The number of rotatable bonds is 8. The molecule has 0 aliphatic carbocycles. The predicted molar refractivity (Wildman–Crippen MR) is 127 cm³/mol. The van der Waals surface area contributed by atoms with Crippen LogP contribution >= 0.6 is 23.1 Å². The van der Waals surface area contributed by atoms with Crippen LogP contribution in [0.15, 0.2) is 76.2 Å². The Hall–Kier alpha value is -3.15. The molecule has 1 amide bonds. The van der Waals surface area contributed by atoms with Gasteiger partial charge in [-0.1, -0.05) is 17.8 Å². The van der Waals surface area contributed by atoms with E-state index in [1.165, 1.54) is 48.7 Å². The summed E-state index contributed by atoms with van der Waals surface area (Å²) >= 11 is 2.81. The maximum Gasteiger partial charge on any atom is 0.261 e. The lowest BCUT2D eigenvalue weighted by Crippen LogP contribution is -2.16. The molecule has 0 aliphatic heterocycles. The van der Waals surface area contributed by atoms with E-state index in [0.29, 0.717) is 17.1 Å². The third kappa shape index (κ3) is 5.18. The standard InChI is InChI=1S/C21H18N4O4S3/c1-29-16-7-5-14(6-8-16)25-32(27,28)17-4-2-3-15(11-17)24-19(26)12-31-21-18-9-10-30-20(18)22-13-23-21/h2-11,13,25H,12H2,1H3,(H,24,26). The second-order valence-electron chi connectivity index (χ2n) is 6.52. The molecule has 0 unspecified atom stereocenters. The van der Waals surface area contributed by atoms with E-state index in [-0.39, 0.29) is 16.6 Å². The van der Waals surface area contributed by atoms with E-state index in [0.717, 1.165) is 15.2 Å². The van der Waals surface area contributed by atoms with Gasteiger partial charge in [0, 0.05) is 16.8 Å². The maximum atomic E-state index is 12.7. The number of hydrogen-bond acceptors (Lipinski definition) is 8. The Morgan fingerprint density at radius 1 is 1.09 bits per heavy atom. The second kappa shape index (κ2) is 9.55. The van der Waals surface area contributed by atoms with Crippen molar-refractivity contribution in [2.75, 3.05) is 22.9 Å². The number of fused-ring (bicyclic) bond motifs is 1. The fourth-order valence-electron chi connectivity index (χ4n) is 2.83. The van der Waals surface area contributed by atoms with Crippen LogP contribution in [0.1, 0.15) is 0 Å². The van der Waals surface area contributed by atoms with Crippen LogP contribution in [0, 0.1) is 0 Å². The van der Waals surface area contributed by atoms with Gasteiger partial charge >= 0.3 is 0 Å². The van der Waals surface area contributed by atoms with Crippen molar-refractivity contribution in [1.29, 1.82) is 0 Å². The molecule has 0 bridgehead atoms. The van der Waals surface area contributed by atoms with Crippen molar-refractivity contribution in [2.45, 2.75) is 9.92 Å². The lowest BCUT2D eigenvalue weighted by Gasteiger charge is -2.11. The van der Waals surface area contributed by atoms with Crippen LogP contribution in [-0.2, 0) is 14.8 Å². The highest BCUT2D eigenvalue weighted by molar-refractivity contribution is 8.00. The predicted octanol–water partition coefficient (Wildman–Crippen LogP) is 4.23. The Kier molecular flexibility index (Phi) is 6.58. The number of nitrogens with one attached hydrogen (secondary N) is 2. The quantitative estimate of drug-likeness (QED) is 0.283. The monoisotopic (exact) mass is 486 g/mol. The summed E-state index contributed by atoms with van der Waals surface area (Å²) in [7, 11) is -2.29. The molecular weight excluding hydrogens is 468 g/mol. The minimum Gasteiger partial charge on any atom is -0.497 e. The van der Waals surface area contributed by atoms with Crippen molar-refractivity contribution in [3.8, 4) is 5.75 Å². The van der Waals surface area contributed by atoms with Crippen LogP contribution < -0.4 is 14.8 Å². The van der Waals surface area contributed by atoms with Gasteiger partial charge in [0.05, 0.1) is 17.8 Å². The van der Waals surface area contributed by atoms with Crippen molar-refractivity contribution in [1.82, 2.24) is 9.97 Å². The minimum atomic E-state index is -3.83. The number of ether oxygens (including phenoxy) is 1. The summed E-state index contributed by atoms with van der Waals surface area (Å²) in [6, 6.07) is 14.5. The third-order valence-corrected chi connectivity index (χ3v) is 7.54. The fraction of sp³-hybridized carbons (Fsp3) is 0.0952. The number of sulfonamides is 1. The average Bonchev–Trinajstić information content (AvgIpc) is 3.28. The molecule has 4 aromatic rings. The smallest absolute Gasteiger partial charge is 0.261 e. The van der Waals surface area contributed by atoms with Crippen LogP contribution in [0.25, 0.3) is 10.2 Å². The third-order valence-electron chi connectivity index (χ3n) is 4.34. The SMILES string of the molecule is COc1ccc(NS(=O)(=O)c2cccc(NC(=O)CSc3ncnc4sccc34)c2)cc1. The van der Waals surface area contributed by atoms with Crippen molar-refractivity contribution in [3.63, 3.8) is 0 Å². The lowest BCUT2D eigenvalue weighted by molar-refractivity contribution is -0.113. The Morgan fingerprint density at radius 3 is 2.69 bits per heavy atom. The van der Waals surface area contributed by atoms with E-state index in [4.69, 9.17) is 4.74 Å². The normalized spacial score (nSPS) is 11.3. The number of benzene rings is 2. The highest BCUT2D eigenvalue weighted by atomic mass is 32.2. The molecule has 0 aliphatic rings. The lowest BCUT2D eigenvalue weighted by atomic mass is 10.3. The molecule has 0 radical (unpaired) electrons. The van der Waals surface area contributed by atoms with E-state index >= 15 is 0 Å². The zero-order chi connectivity index (χ0) is 22.6. The van der Waals surface area contributed by atoms with Crippen molar-refractivity contribution in [2.24, 2.45) is 0 Å². The number of hydrogen-bond donors (Lipinski definition) is 2. The topological polar surface area (TPSA) is 110 Å². The summed E-state index contributed by atoms with van der Waals surface area (Å²) in [4.78, 5) is 21.8. The average molecular weight is 487 g/mol. The van der Waals surface area contributed by atoms with E-state index in [1.807, 2.05) is 11.4 Å². The Morgan fingerprint density at radius 2 is 1.91 bits per heavy atom. The van der Waals surface area contributed by atoms with Gasteiger partial charge in [0.25, 0.3) is 10.0 Å². The number of amides is 1. The molecule has 8 nitrogen and oxygen atoms in total. The summed E-state index contributed by atoms with van der Waals surface area (Å²) in [6.45, 7) is 0. The number of carbonyl (C=O) groups is 1. The number of nitrogens with zero attached hydrogens (tertiary/aromatic N) is 2. The molecule has 0 saturated carbocycles. The summed E-state index contributed by atoms with van der Waals surface area (Å²) in [5, 5.41) is 6.30. The van der Waals surface area contributed by atoms with Crippen molar-refractivity contribution in [3.05, 3.63) is 66.3 Å². The molecule has 2 heterocycles. The van der Waals surface area contributed by atoms with Crippen molar-refractivity contribution >= 4 is 60.6 Å². The minimum absolute atomic E-state index is 0.0366. The molecule has 0 saturated heterocycles. The zero-order valence-corrected chi connectivity index (χ0v) is 19.3. The highest BCUT2D eigenvalue weighted by Gasteiger charge is 2.16. The molecule has 2 aromatic heterocycles. The van der Waals surface area contributed by atoms with Crippen LogP contribution in [0.3, 0.4) is 0 Å². The Labute approximate surface area is 193 Å². The summed E-state index contributed by atoms with van der Waals surface area (Å²) in [5.74, 6) is 0.482. The summed E-state index contributed by atoms with van der Waals surface area (Å²) in [6.07, 6.45) is 1.48. The molecule has 0 spiro atoms. The number of aromatic nitrogens is 2. The van der Waals surface area contributed by atoms with Gasteiger partial charge in [-0.2, -0.15) is 0 Å². The first kappa shape index (κ1) is 22.1. The number of anilines is 2. The molecule has 0 atom stereocenters. The first-order chi connectivity index (χ1) is 15.4. The van der Waals surface area contributed by atoms with E-state index in [2.05, 4.69) is 20.0 Å². The molecule has 4 rings (SSSR count). The van der Waals surface area contributed by atoms with Gasteiger partial charge < -0.3 is 10.1 Å². The Bertz CT molecular complexity index is 1350. The van der Waals surface area contributed by atoms with Gasteiger partial charge in [-0.15, -0.1) is 11.3 Å². The van der Waals surface area contributed by atoms with E-state index in [9.17, 15) is 13.2 Å². The van der Waals surface area contributed by atoms with Crippen LogP contribution in [-0.4, -0.2) is 37.2 Å². The van der Waals surface area contributed by atoms with Gasteiger partial charge in [-0.3, -0.25) is 9.52 Å². The Balaban J connectivity index is 1.41. The highest BCUT2D eigenvalue weighted by Crippen LogP contribution is 2.28. The van der Waals surface area contributed by atoms with Crippen molar-refractivity contribution < 1.29 is 17.9 Å². The van der Waals surface area contributed by atoms with Crippen LogP contribution in [0.5, 0.6) is 5.75 Å². The summed E-state index contributed by atoms with van der Waals surface area (Å²) < 4.78 is 33.1. The molecule has 0 fully saturated rings.